The lowest BCUT2D eigenvalue weighted by Crippen LogP contribution is -2.40. The van der Waals surface area contributed by atoms with E-state index in [0.717, 1.165) is 12.8 Å². The standard InChI is InChI=1S/C18H32O2Si/c1-14(2)18(3,4)17(20-21(5)6)13-16-9-7-15(8-10-16)11-12-19/h7-10,14,17,19,21H,11-13H2,1-6H3. The van der Waals surface area contributed by atoms with Crippen molar-refractivity contribution in [3.63, 3.8) is 0 Å². The molecule has 0 heterocycles. The fraction of sp³-hybridized carbons (Fsp3) is 0.667. The first-order valence-corrected chi connectivity index (χ1v) is 10.9. The van der Waals surface area contributed by atoms with Crippen LogP contribution in [0.25, 0.3) is 0 Å². The Hall–Kier alpha value is -0.643. The molecule has 0 saturated heterocycles. The summed E-state index contributed by atoms with van der Waals surface area (Å²) in [6, 6.07) is 8.61. The number of aliphatic hydroxyl groups excluding tert-OH is 1. The molecule has 0 aliphatic carbocycles. The van der Waals surface area contributed by atoms with Crippen molar-refractivity contribution >= 4 is 9.04 Å². The van der Waals surface area contributed by atoms with Gasteiger partial charge >= 0.3 is 0 Å². The van der Waals surface area contributed by atoms with Crippen molar-refractivity contribution in [1.82, 2.24) is 0 Å². The van der Waals surface area contributed by atoms with Crippen LogP contribution in [0.1, 0.15) is 38.8 Å². The SMILES string of the molecule is CC(C)C(C)(C)C(Cc1ccc(CCO)cc1)O[SiH](C)C. The second-order valence-electron chi connectivity index (χ2n) is 7.14. The minimum atomic E-state index is -1.06. The van der Waals surface area contributed by atoms with Gasteiger partial charge in [0.2, 0.25) is 0 Å². The van der Waals surface area contributed by atoms with Gasteiger partial charge in [-0.1, -0.05) is 52.0 Å². The van der Waals surface area contributed by atoms with Crippen LogP contribution >= 0.6 is 0 Å². The highest BCUT2D eigenvalue weighted by Crippen LogP contribution is 2.34. The molecule has 0 spiro atoms. The third-order valence-corrected chi connectivity index (χ3v) is 5.47. The third-order valence-electron chi connectivity index (χ3n) is 4.60. The molecular formula is C18H32O2Si. The van der Waals surface area contributed by atoms with E-state index < -0.39 is 9.04 Å². The van der Waals surface area contributed by atoms with E-state index in [1.807, 2.05) is 0 Å². The second-order valence-corrected chi connectivity index (χ2v) is 9.51. The molecule has 1 rings (SSSR count). The predicted molar refractivity (Wildman–Crippen MR) is 93.3 cm³/mol. The predicted octanol–water partition coefficient (Wildman–Crippen LogP) is 3.81. The van der Waals surface area contributed by atoms with Crippen LogP contribution in [0.15, 0.2) is 24.3 Å². The van der Waals surface area contributed by atoms with Gasteiger partial charge in [0.25, 0.3) is 0 Å². The zero-order valence-corrected chi connectivity index (χ0v) is 15.7. The molecule has 0 saturated carbocycles. The number of rotatable bonds is 8. The van der Waals surface area contributed by atoms with E-state index in [1.54, 1.807) is 0 Å². The van der Waals surface area contributed by atoms with Crippen LogP contribution in [0.5, 0.6) is 0 Å². The van der Waals surface area contributed by atoms with E-state index in [9.17, 15) is 0 Å². The molecule has 1 aromatic rings. The largest absolute Gasteiger partial charge is 0.417 e. The minimum Gasteiger partial charge on any atom is -0.417 e. The summed E-state index contributed by atoms with van der Waals surface area (Å²) in [5.41, 5.74) is 2.69. The topological polar surface area (TPSA) is 29.5 Å². The Morgan fingerprint density at radius 2 is 1.62 bits per heavy atom. The molecular weight excluding hydrogens is 276 g/mol. The van der Waals surface area contributed by atoms with Crippen molar-refractivity contribution in [2.24, 2.45) is 11.3 Å². The van der Waals surface area contributed by atoms with Gasteiger partial charge in [0.05, 0.1) is 6.10 Å². The maximum absolute atomic E-state index is 8.99. The summed E-state index contributed by atoms with van der Waals surface area (Å²) >= 11 is 0. The smallest absolute Gasteiger partial charge is 0.171 e. The Morgan fingerprint density at radius 3 is 2.05 bits per heavy atom. The van der Waals surface area contributed by atoms with E-state index in [2.05, 4.69) is 65.1 Å². The molecule has 3 heteroatoms. The molecule has 0 fully saturated rings. The van der Waals surface area contributed by atoms with Gasteiger partial charge in [-0.25, -0.2) is 0 Å². The van der Waals surface area contributed by atoms with Crippen LogP contribution < -0.4 is 0 Å². The zero-order chi connectivity index (χ0) is 16.0. The Morgan fingerprint density at radius 1 is 1.10 bits per heavy atom. The summed E-state index contributed by atoms with van der Waals surface area (Å²) in [7, 11) is -1.06. The number of benzene rings is 1. The van der Waals surface area contributed by atoms with Gasteiger partial charge in [-0.15, -0.1) is 0 Å². The first-order chi connectivity index (χ1) is 9.77. The monoisotopic (exact) mass is 308 g/mol. The molecule has 0 aliphatic heterocycles. The summed E-state index contributed by atoms with van der Waals surface area (Å²) in [5, 5.41) is 8.99. The Labute approximate surface area is 132 Å². The normalized spacial score (nSPS) is 14.0. The van der Waals surface area contributed by atoms with Gasteiger partial charge in [-0.3, -0.25) is 0 Å². The molecule has 1 atom stereocenters. The highest BCUT2D eigenvalue weighted by atomic mass is 28.3. The molecule has 1 unspecified atom stereocenters. The van der Waals surface area contributed by atoms with E-state index in [0.29, 0.717) is 5.92 Å². The summed E-state index contributed by atoms with van der Waals surface area (Å²) < 4.78 is 6.36. The van der Waals surface area contributed by atoms with Gasteiger partial charge in [0.1, 0.15) is 0 Å². The molecule has 0 bridgehead atoms. The minimum absolute atomic E-state index is 0.168. The van der Waals surface area contributed by atoms with Crippen molar-refractivity contribution in [1.29, 1.82) is 0 Å². The van der Waals surface area contributed by atoms with Crippen molar-refractivity contribution in [2.75, 3.05) is 6.61 Å². The van der Waals surface area contributed by atoms with Crippen molar-refractivity contribution in [2.45, 2.75) is 59.7 Å². The maximum Gasteiger partial charge on any atom is 0.171 e. The molecule has 0 aromatic heterocycles. The van der Waals surface area contributed by atoms with Gasteiger partial charge in [0.15, 0.2) is 9.04 Å². The fourth-order valence-electron chi connectivity index (χ4n) is 2.37. The number of aliphatic hydroxyl groups is 1. The van der Waals surface area contributed by atoms with Crippen LogP contribution in [0.4, 0.5) is 0 Å². The van der Waals surface area contributed by atoms with Crippen molar-refractivity contribution < 1.29 is 9.53 Å². The molecule has 2 nitrogen and oxygen atoms in total. The van der Waals surface area contributed by atoms with Crippen LogP contribution in [-0.2, 0) is 17.3 Å². The van der Waals surface area contributed by atoms with E-state index in [-0.39, 0.29) is 18.1 Å². The summed E-state index contributed by atoms with van der Waals surface area (Å²) in [6.45, 7) is 13.9. The average molecular weight is 309 g/mol. The highest BCUT2D eigenvalue weighted by molar-refractivity contribution is 6.48. The van der Waals surface area contributed by atoms with Crippen LogP contribution in [0.2, 0.25) is 13.1 Å². The Balaban J connectivity index is 2.85. The number of hydrogen-bond acceptors (Lipinski definition) is 2. The Kier molecular flexibility index (Phi) is 7.11. The second kappa shape index (κ2) is 8.11. The van der Waals surface area contributed by atoms with Gasteiger partial charge in [0, 0.05) is 6.61 Å². The van der Waals surface area contributed by atoms with E-state index in [4.69, 9.17) is 9.53 Å². The highest BCUT2D eigenvalue weighted by Gasteiger charge is 2.33. The zero-order valence-electron chi connectivity index (χ0n) is 14.5. The van der Waals surface area contributed by atoms with Crippen LogP contribution in [0.3, 0.4) is 0 Å². The lowest BCUT2D eigenvalue weighted by Gasteiger charge is -2.39. The molecule has 1 aromatic carbocycles. The first kappa shape index (κ1) is 18.4. The summed E-state index contributed by atoms with van der Waals surface area (Å²) in [4.78, 5) is 0. The van der Waals surface area contributed by atoms with Gasteiger partial charge in [-0.2, -0.15) is 0 Å². The molecule has 0 aliphatic rings. The van der Waals surface area contributed by atoms with Gasteiger partial charge in [-0.05, 0) is 48.4 Å². The van der Waals surface area contributed by atoms with E-state index in [1.165, 1.54) is 11.1 Å². The lowest BCUT2D eigenvalue weighted by molar-refractivity contribution is 0.0368. The molecule has 1 N–H and O–H groups in total. The van der Waals surface area contributed by atoms with Crippen LogP contribution in [-0.4, -0.2) is 26.9 Å². The van der Waals surface area contributed by atoms with Crippen molar-refractivity contribution in [3.05, 3.63) is 35.4 Å². The fourth-order valence-corrected chi connectivity index (χ4v) is 3.48. The first-order valence-electron chi connectivity index (χ1n) is 8.11. The van der Waals surface area contributed by atoms with Crippen LogP contribution in [0, 0.1) is 11.3 Å². The Bertz CT molecular complexity index is 410. The quantitative estimate of drug-likeness (QED) is 0.740. The molecule has 120 valence electrons. The van der Waals surface area contributed by atoms with Gasteiger partial charge < -0.3 is 9.53 Å². The third kappa shape index (κ3) is 5.57. The van der Waals surface area contributed by atoms with E-state index >= 15 is 0 Å². The summed E-state index contributed by atoms with van der Waals surface area (Å²) in [5.74, 6) is 0.587. The number of hydrogen-bond donors (Lipinski definition) is 1. The molecule has 21 heavy (non-hydrogen) atoms. The maximum atomic E-state index is 8.99. The van der Waals surface area contributed by atoms with Crippen molar-refractivity contribution in [3.8, 4) is 0 Å². The lowest BCUT2D eigenvalue weighted by atomic mass is 9.74. The molecule has 0 radical (unpaired) electrons. The summed E-state index contributed by atoms with van der Waals surface area (Å²) in [6.07, 6.45) is 1.97. The average Bonchev–Trinajstić information content (AvgIpc) is 2.39. The molecule has 0 amide bonds.